The number of hydrogen-bond donors (Lipinski definition) is 0. The van der Waals surface area contributed by atoms with Gasteiger partial charge in [0, 0.05) is 6.54 Å². The molecule has 0 saturated carbocycles. The first-order valence-corrected chi connectivity index (χ1v) is 7.50. The summed E-state index contributed by atoms with van der Waals surface area (Å²) in [5.74, 6) is 0. The number of aryl methyl sites for hydroxylation is 2. The Balaban J connectivity index is 2.15. The highest BCUT2D eigenvalue weighted by molar-refractivity contribution is 5.62. The van der Waals surface area contributed by atoms with Gasteiger partial charge < -0.3 is 4.57 Å². The molecule has 106 valence electrons. The third-order valence-electron chi connectivity index (χ3n) is 4.26. The normalized spacial score (nSPS) is 13.5. The SMILES string of the molecule is CCn1c(-c2ccc3c(c2)CCCC3)ccc(C#N)c1=O. The van der Waals surface area contributed by atoms with Gasteiger partial charge in [0.25, 0.3) is 5.56 Å². The van der Waals surface area contributed by atoms with Crippen molar-refractivity contribution in [1.82, 2.24) is 4.57 Å². The first-order chi connectivity index (χ1) is 10.2. The average molecular weight is 278 g/mol. The molecule has 0 bridgehead atoms. The molecule has 3 rings (SSSR count). The van der Waals surface area contributed by atoms with Gasteiger partial charge in [-0.25, -0.2) is 0 Å². The van der Waals surface area contributed by atoms with Crippen LogP contribution in [0.5, 0.6) is 0 Å². The molecule has 2 aromatic rings. The predicted octanol–water partition coefficient (Wildman–Crippen LogP) is 3.29. The van der Waals surface area contributed by atoms with Gasteiger partial charge in [-0.3, -0.25) is 4.79 Å². The smallest absolute Gasteiger partial charge is 0.268 e. The lowest BCUT2D eigenvalue weighted by Gasteiger charge is -2.18. The Kier molecular flexibility index (Phi) is 3.62. The number of nitriles is 1. The van der Waals surface area contributed by atoms with E-state index in [2.05, 4.69) is 18.2 Å². The fourth-order valence-electron chi connectivity index (χ4n) is 3.12. The lowest BCUT2D eigenvalue weighted by Crippen LogP contribution is -2.23. The zero-order chi connectivity index (χ0) is 14.8. The molecule has 3 heteroatoms. The molecule has 0 spiro atoms. The Morgan fingerprint density at radius 1 is 1.14 bits per heavy atom. The first-order valence-electron chi connectivity index (χ1n) is 7.50. The van der Waals surface area contributed by atoms with E-state index in [4.69, 9.17) is 5.26 Å². The molecule has 0 fully saturated rings. The predicted molar refractivity (Wildman–Crippen MR) is 83.2 cm³/mol. The van der Waals surface area contributed by atoms with Crippen molar-refractivity contribution in [1.29, 1.82) is 5.26 Å². The molecule has 0 aliphatic heterocycles. The molecule has 1 aromatic heterocycles. The van der Waals surface area contributed by atoms with Crippen LogP contribution in [-0.4, -0.2) is 4.57 Å². The van der Waals surface area contributed by atoms with Crippen molar-refractivity contribution in [3.8, 4) is 17.3 Å². The third kappa shape index (κ3) is 2.38. The van der Waals surface area contributed by atoms with Crippen LogP contribution in [0.15, 0.2) is 35.1 Å². The minimum absolute atomic E-state index is 0.199. The number of benzene rings is 1. The van der Waals surface area contributed by atoms with Gasteiger partial charge in [0.2, 0.25) is 0 Å². The summed E-state index contributed by atoms with van der Waals surface area (Å²) in [6, 6.07) is 12.0. The van der Waals surface area contributed by atoms with Crippen LogP contribution in [0, 0.1) is 11.3 Å². The van der Waals surface area contributed by atoms with E-state index in [1.807, 2.05) is 19.1 Å². The summed E-state index contributed by atoms with van der Waals surface area (Å²) in [5, 5.41) is 8.99. The molecule has 0 saturated heterocycles. The second kappa shape index (κ2) is 5.57. The van der Waals surface area contributed by atoms with Crippen molar-refractivity contribution >= 4 is 0 Å². The Morgan fingerprint density at radius 2 is 1.90 bits per heavy atom. The van der Waals surface area contributed by atoms with E-state index in [9.17, 15) is 4.79 Å². The van der Waals surface area contributed by atoms with Crippen LogP contribution < -0.4 is 5.56 Å². The summed E-state index contributed by atoms with van der Waals surface area (Å²) < 4.78 is 1.68. The van der Waals surface area contributed by atoms with E-state index < -0.39 is 0 Å². The van der Waals surface area contributed by atoms with Crippen molar-refractivity contribution in [3.63, 3.8) is 0 Å². The van der Waals surface area contributed by atoms with Crippen molar-refractivity contribution in [2.75, 3.05) is 0 Å². The van der Waals surface area contributed by atoms with E-state index in [-0.39, 0.29) is 11.1 Å². The number of rotatable bonds is 2. The molecule has 21 heavy (non-hydrogen) atoms. The molecule has 3 nitrogen and oxygen atoms in total. The van der Waals surface area contributed by atoms with Gasteiger partial charge in [-0.1, -0.05) is 12.1 Å². The molecule has 1 aliphatic carbocycles. The van der Waals surface area contributed by atoms with E-state index >= 15 is 0 Å². The van der Waals surface area contributed by atoms with Crippen LogP contribution in [0.2, 0.25) is 0 Å². The lowest BCUT2D eigenvalue weighted by molar-refractivity contribution is 0.685. The van der Waals surface area contributed by atoms with Gasteiger partial charge in [0.1, 0.15) is 11.6 Å². The van der Waals surface area contributed by atoms with E-state index in [1.54, 1.807) is 10.6 Å². The quantitative estimate of drug-likeness (QED) is 0.846. The zero-order valence-electron chi connectivity index (χ0n) is 12.2. The molecule has 1 aliphatic rings. The van der Waals surface area contributed by atoms with Crippen molar-refractivity contribution in [3.05, 3.63) is 57.4 Å². The highest BCUT2D eigenvalue weighted by atomic mass is 16.1. The minimum atomic E-state index is -0.199. The van der Waals surface area contributed by atoms with Gasteiger partial charge in [-0.15, -0.1) is 0 Å². The van der Waals surface area contributed by atoms with Gasteiger partial charge in [-0.2, -0.15) is 5.26 Å². The van der Waals surface area contributed by atoms with Crippen LogP contribution in [0.1, 0.15) is 36.5 Å². The summed E-state index contributed by atoms with van der Waals surface area (Å²) in [6.45, 7) is 2.51. The maximum absolute atomic E-state index is 12.3. The maximum atomic E-state index is 12.3. The number of nitrogens with zero attached hydrogens (tertiary/aromatic N) is 2. The van der Waals surface area contributed by atoms with Crippen molar-refractivity contribution < 1.29 is 0 Å². The molecule has 0 atom stereocenters. The summed E-state index contributed by atoms with van der Waals surface area (Å²) >= 11 is 0. The monoisotopic (exact) mass is 278 g/mol. The number of fused-ring (bicyclic) bond motifs is 1. The van der Waals surface area contributed by atoms with E-state index in [0.717, 1.165) is 24.1 Å². The average Bonchev–Trinajstić information content (AvgIpc) is 2.54. The van der Waals surface area contributed by atoms with Gasteiger partial charge in [-0.05, 0) is 67.5 Å². The van der Waals surface area contributed by atoms with Crippen molar-refractivity contribution in [2.24, 2.45) is 0 Å². The van der Waals surface area contributed by atoms with Gasteiger partial charge in [0.05, 0.1) is 5.69 Å². The molecular weight excluding hydrogens is 260 g/mol. The Morgan fingerprint density at radius 3 is 2.62 bits per heavy atom. The first kappa shape index (κ1) is 13.6. The lowest BCUT2D eigenvalue weighted by atomic mass is 9.90. The van der Waals surface area contributed by atoms with E-state index in [0.29, 0.717) is 6.54 Å². The third-order valence-corrected chi connectivity index (χ3v) is 4.26. The van der Waals surface area contributed by atoms with Crippen LogP contribution in [-0.2, 0) is 19.4 Å². The standard InChI is InChI=1S/C18H18N2O/c1-2-20-17(10-9-16(12-19)18(20)21)15-8-7-13-5-3-4-6-14(13)11-15/h7-11H,2-6H2,1H3. The van der Waals surface area contributed by atoms with Crippen LogP contribution >= 0.6 is 0 Å². The second-order valence-corrected chi connectivity index (χ2v) is 5.48. The fourth-order valence-corrected chi connectivity index (χ4v) is 3.12. The highest BCUT2D eigenvalue weighted by Gasteiger charge is 2.13. The Hall–Kier alpha value is -2.34. The number of hydrogen-bond acceptors (Lipinski definition) is 2. The summed E-state index contributed by atoms with van der Waals surface area (Å²) in [6.07, 6.45) is 4.78. The van der Waals surface area contributed by atoms with E-state index in [1.165, 1.54) is 24.0 Å². The number of pyridine rings is 1. The van der Waals surface area contributed by atoms with Crippen molar-refractivity contribution in [2.45, 2.75) is 39.2 Å². The zero-order valence-corrected chi connectivity index (χ0v) is 12.2. The molecule has 0 unspecified atom stereocenters. The summed E-state index contributed by atoms with van der Waals surface area (Å²) in [7, 11) is 0. The molecule has 1 aromatic carbocycles. The second-order valence-electron chi connectivity index (χ2n) is 5.48. The van der Waals surface area contributed by atoms with Gasteiger partial charge in [0.15, 0.2) is 0 Å². The van der Waals surface area contributed by atoms with Crippen LogP contribution in [0.25, 0.3) is 11.3 Å². The molecular formula is C18H18N2O. The largest absolute Gasteiger partial charge is 0.307 e. The number of aromatic nitrogens is 1. The minimum Gasteiger partial charge on any atom is -0.307 e. The molecule has 0 amide bonds. The highest BCUT2D eigenvalue weighted by Crippen LogP contribution is 2.27. The maximum Gasteiger partial charge on any atom is 0.268 e. The topological polar surface area (TPSA) is 45.8 Å². The summed E-state index contributed by atoms with van der Waals surface area (Å²) in [5.41, 5.74) is 4.81. The Bertz CT molecular complexity index is 781. The Labute approximate surface area is 124 Å². The van der Waals surface area contributed by atoms with Crippen LogP contribution in [0.4, 0.5) is 0 Å². The molecule has 0 N–H and O–H groups in total. The summed E-state index contributed by atoms with van der Waals surface area (Å²) in [4.78, 5) is 12.3. The molecule has 1 heterocycles. The van der Waals surface area contributed by atoms with Gasteiger partial charge >= 0.3 is 0 Å². The fraction of sp³-hybridized carbons (Fsp3) is 0.333. The van der Waals surface area contributed by atoms with Crippen LogP contribution in [0.3, 0.4) is 0 Å². The molecule has 0 radical (unpaired) electrons.